The lowest BCUT2D eigenvalue weighted by Crippen LogP contribution is -2.41. The zero-order valence-corrected chi connectivity index (χ0v) is 16.8. The number of piperidine rings is 1. The monoisotopic (exact) mass is 412 g/mol. The van der Waals surface area contributed by atoms with E-state index in [9.17, 15) is 9.18 Å². The minimum atomic E-state index is -0.309. The third-order valence-electron chi connectivity index (χ3n) is 4.95. The first-order valence-electron chi connectivity index (χ1n) is 9.43. The van der Waals surface area contributed by atoms with E-state index in [1.807, 2.05) is 18.2 Å². The molecule has 1 unspecified atom stereocenters. The van der Waals surface area contributed by atoms with Gasteiger partial charge in [-0.1, -0.05) is 35.6 Å². The number of carbonyl (C=O) groups excluding carboxylic acids is 1. The third-order valence-corrected chi connectivity index (χ3v) is 6.07. The van der Waals surface area contributed by atoms with Crippen LogP contribution in [0.4, 0.5) is 14.9 Å². The van der Waals surface area contributed by atoms with Gasteiger partial charge in [-0.15, -0.1) is 10.2 Å². The van der Waals surface area contributed by atoms with Gasteiger partial charge < -0.3 is 15.0 Å². The zero-order valence-electron chi connectivity index (χ0n) is 16.0. The average Bonchev–Trinajstić information content (AvgIpc) is 3.24. The van der Waals surface area contributed by atoms with Crippen LogP contribution in [0.5, 0.6) is 5.75 Å². The van der Waals surface area contributed by atoms with Crippen molar-refractivity contribution in [3.8, 4) is 16.3 Å². The van der Waals surface area contributed by atoms with Crippen molar-refractivity contribution in [1.82, 2.24) is 15.1 Å². The van der Waals surface area contributed by atoms with Crippen LogP contribution in [0.25, 0.3) is 10.6 Å². The molecule has 0 saturated carbocycles. The van der Waals surface area contributed by atoms with Crippen LogP contribution < -0.4 is 10.1 Å². The van der Waals surface area contributed by atoms with Gasteiger partial charge in [-0.3, -0.25) is 0 Å². The lowest BCUT2D eigenvalue weighted by atomic mass is 9.99. The van der Waals surface area contributed by atoms with Gasteiger partial charge in [0.2, 0.25) is 0 Å². The molecule has 0 radical (unpaired) electrons. The smallest absolute Gasteiger partial charge is 0.321 e. The van der Waals surface area contributed by atoms with Crippen molar-refractivity contribution in [3.63, 3.8) is 0 Å². The summed E-state index contributed by atoms with van der Waals surface area (Å²) >= 11 is 1.39. The lowest BCUT2D eigenvalue weighted by Gasteiger charge is -2.31. The Morgan fingerprint density at radius 1 is 1.21 bits per heavy atom. The molecule has 6 nitrogen and oxygen atoms in total. The van der Waals surface area contributed by atoms with Crippen LogP contribution in [0.2, 0.25) is 0 Å². The van der Waals surface area contributed by atoms with Crippen molar-refractivity contribution in [2.24, 2.45) is 0 Å². The summed E-state index contributed by atoms with van der Waals surface area (Å²) in [5.74, 6) is 0.398. The number of benzene rings is 2. The van der Waals surface area contributed by atoms with E-state index in [-0.39, 0.29) is 17.8 Å². The Hall–Kier alpha value is -3.00. The number of aromatic nitrogens is 2. The fraction of sp³-hybridized carbons (Fsp3) is 0.286. The number of anilines is 1. The number of hydrogen-bond acceptors (Lipinski definition) is 5. The Morgan fingerprint density at radius 2 is 2.00 bits per heavy atom. The zero-order chi connectivity index (χ0) is 20.2. The number of carbonyl (C=O) groups is 1. The number of urea groups is 1. The van der Waals surface area contributed by atoms with Crippen LogP contribution in [0, 0.1) is 5.82 Å². The van der Waals surface area contributed by atoms with Crippen LogP contribution >= 0.6 is 11.3 Å². The quantitative estimate of drug-likeness (QED) is 0.671. The number of nitrogens with zero attached hydrogens (tertiary/aromatic N) is 3. The van der Waals surface area contributed by atoms with E-state index in [4.69, 9.17) is 4.74 Å². The van der Waals surface area contributed by atoms with Gasteiger partial charge in [-0.25, -0.2) is 9.18 Å². The molecular formula is C21H21FN4O2S. The molecule has 1 saturated heterocycles. The fourth-order valence-corrected chi connectivity index (χ4v) is 4.44. The number of amides is 2. The van der Waals surface area contributed by atoms with E-state index in [1.165, 1.54) is 17.4 Å². The van der Waals surface area contributed by atoms with E-state index in [1.54, 1.807) is 36.3 Å². The van der Waals surface area contributed by atoms with Gasteiger partial charge in [0.05, 0.1) is 12.8 Å². The third kappa shape index (κ3) is 4.22. The average molecular weight is 412 g/mol. The Kier molecular flexibility index (Phi) is 5.71. The van der Waals surface area contributed by atoms with Crippen molar-refractivity contribution >= 4 is 23.1 Å². The maximum absolute atomic E-state index is 14.0. The van der Waals surface area contributed by atoms with E-state index in [0.717, 1.165) is 17.8 Å². The van der Waals surface area contributed by atoms with Gasteiger partial charge in [0.1, 0.15) is 16.6 Å². The number of rotatable bonds is 4. The molecule has 3 aromatic rings. The predicted molar refractivity (Wildman–Crippen MR) is 111 cm³/mol. The van der Waals surface area contributed by atoms with Crippen molar-refractivity contribution in [3.05, 3.63) is 59.4 Å². The first-order chi connectivity index (χ1) is 14.2. The SMILES string of the molecule is COc1ccccc1NC(=O)N1CCCC(c2nnc(-c3ccccc3F)s2)C1. The molecule has 1 fully saturated rings. The van der Waals surface area contributed by atoms with Crippen molar-refractivity contribution < 1.29 is 13.9 Å². The fourth-order valence-electron chi connectivity index (χ4n) is 3.45. The number of ether oxygens (including phenoxy) is 1. The molecule has 1 aliphatic rings. The molecule has 0 spiro atoms. The summed E-state index contributed by atoms with van der Waals surface area (Å²) in [6.07, 6.45) is 1.79. The molecule has 2 heterocycles. The summed E-state index contributed by atoms with van der Waals surface area (Å²) in [6.45, 7) is 1.23. The molecule has 4 rings (SSSR count). The maximum atomic E-state index is 14.0. The standard InChI is InChI=1S/C21H21FN4O2S/c1-28-18-11-5-4-10-17(18)23-21(27)26-12-6-7-14(13-26)19-24-25-20(29-19)15-8-2-3-9-16(15)22/h2-5,8-11,14H,6-7,12-13H2,1H3,(H,23,27). The van der Waals surface area contributed by atoms with Gasteiger partial charge in [-0.05, 0) is 37.1 Å². The summed E-state index contributed by atoms with van der Waals surface area (Å²) < 4.78 is 19.3. The number of hydrogen-bond donors (Lipinski definition) is 1. The summed E-state index contributed by atoms with van der Waals surface area (Å²) in [6, 6.07) is 13.7. The molecule has 29 heavy (non-hydrogen) atoms. The van der Waals surface area contributed by atoms with Crippen LogP contribution in [0.15, 0.2) is 48.5 Å². The first-order valence-corrected chi connectivity index (χ1v) is 10.2. The lowest BCUT2D eigenvalue weighted by molar-refractivity contribution is 0.192. The van der Waals surface area contributed by atoms with Crippen LogP contribution in [-0.2, 0) is 0 Å². The van der Waals surface area contributed by atoms with Crippen LogP contribution in [0.1, 0.15) is 23.8 Å². The Balaban J connectivity index is 1.46. The van der Waals surface area contributed by atoms with Gasteiger partial charge in [0.25, 0.3) is 0 Å². The minimum absolute atomic E-state index is 0.0881. The molecule has 1 atom stereocenters. The summed E-state index contributed by atoms with van der Waals surface area (Å²) in [5, 5.41) is 12.8. The number of methoxy groups -OCH3 is 1. The molecule has 1 N–H and O–H groups in total. The molecule has 2 aromatic carbocycles. The highest BCUT2D eigenvalue weighted by molar-refractivity contribution is 7.14. The van der Waals surface area contributed by atoms with Gasteiger partial charge in [0.15, 0.2) is 5.01 Å². The number of para-hydroxylation sites is 2. The van der Waals surface area contributed by atoms with Crippen molar-refractivity contribution in [2.75, 3.05) is 25.5 Å². The van der Waals surface area contributed by atoms with E-state index in [0.29, 0.717) is 35.1 Å². The highest BCUT2D eigenvalue weighted by atomic mass is 32.1. The predicted octanol–water partition coefficient (Wildman–Crippen LogP) is 4.76. The second kappa shape index (κ2) is 8.57. The van der Waals surface area contributed by atoms with Gasteiger partial charge in [-0.2, -0.15) is 0 Å². The second-order valence-electron chi connectivity index (χ2n) is 6.84. The molecule has 0 aliphatic carbocycles. The maximum Gasteiger partial charge on any atom is 0.321 e. The number of nitrogens with one attached hydrogen (secondary N) is 1. The molecule has 1 aliphatic heterocycles. The molecule has 150 valence electrons. The highest BCUT2D eigenvalue weighted by Crippen LogP contribution is 2.34. The van der Waals surface area contributed by atoms with E-state index >= 15 is 0 Å². The van der Waals surface area contributed by atoms with Crippen molar-refractivity contribution in [1.29, 1.82) is 0 Å². The molecule has 8 heteroatoms. The minimum Gasteiger partial charge on any atom is -0.495 e. The Labute approximate surface area is 172 Å². The van der Waals surface area contributed by atoms with Crippen molar-refractivity contribution in [2.45, 2.75) is 18.8 Å². The Morgan fingerprint density at radius 3 is 2.83 bits per heavy atom. The van der Waals surface area contributed by atoms with E-state index in [2.05, 4.69) is 15.5 Å². The number of halogens is 1. The molecular weight excluding hydrogens is 391 g/mol. The molecule has 2 amide bonds. The largest absolute Gasteiger partial charge is 0.495 e. The van der Waals surface area contributed by atoms with Gasteiger partial charge >= 0.3 is 6.03 Å². The topological polar surface area (TPSA) is 67.3 Å². The second-order valence-corrected chi connectivity index (χ2v) is 7.85. The first kappa shape index (κ1) is 19.3. The summed E-state index contributed by atoms with van der Waals surface area (Å²) in [7, 11) is 1.57. The highest BCUT2D eigenvalue weighted by Gasteiger charge is 2.28. The number of likely N-dealkylation sites (tertiary alicyclic amines) is 1. The molecule has 0 bridgehead atoms. The normalized spacial score (nSPS) is 16.5. The summed E-state index contributed by atoms with van der Waals surface area (Å²) in [5.41, 5.74) is 1.10. The van der Waals surface area contributed by atoms with Gasteiger partial charge in [0, 0.05) is 24.6 Å². The van der Waals surface area contributed by atoms with Crippen LogP contribution in [0.3, 0.4) is 0 Å². The van der Waals surface area contributed by atoms with Crippen LogP contribution in [-0.4, -0.2) is 41.3 Å². The van der Waals surface area contributed by atoms with E-state index < -0.39 is 0 Å². The summed E-state index contributed by atoms with van der Waals surface area (Å²) in [4.78, 5) is 14.5. The Bertz CT molecular complexity index is 1010. The molecule has 1 aromatic heterocycles.